The van der Waals surface area contributed by atoms with E-state index in [9.17, 15) is 13.2 Å². The van der Waals surface area contributed by atoms with E-state index in [4.69, 9.17) is 5.73 Å². The van der Waals surface area contributed by atoms with Crippen LogP contribution in [0.5, 0.6) is 5.75 Å². The summed E-state index contributed by atoms with van der Waals surface area (Å²) in [6, 6.07) is 6.29. The highest BCUT2D eigenvalue weighted by atomic mass is 19.4. The van der Waals surface area contributed by atoms with Crippen molar-refractivity contribution in [2.45, 2.75) is 63.3 Å². The minimum atomic E-state index is -4.65. The van der Waals surface area contributed by atoms with E-state index in [1.54, 1.807) is 12.1 Å². The standard InChI is InChI=1S/C16H22F3NO/c1-2-14(20)15(10-4-3-5-11-15)12-6-8-13(9-7-12)21-16(17,18)19/h6-9,14H,2-5,10-11,20H2,1H3. The summed E-state index contributed by atoms with van der Waals surface area (Å²) in [4.78, 5) is 0. The Labute approximate surface area is 123 Å². The van der Waals surface area contributed by atoms with Crippen molar-refractivity contribution in [1.29, 1.82) is 0 Å². The largest absolute Gasteiger partial charge is 0.573 e. The molecule has 5 heteroatoms. The first-order valence-corrected chi connectivity index (χ1v) is 7.49. The Hall–Kier alpha value is -1.23. The Bertz CT molecular complexity index is 450. The van der Waals surface area contributed by atoms with Gasteiger partial charge in [0, 0.05) is 11.5 Å². The number of alkyl halides is 3. The lowest BCUT2D eigenvalue weighted by Gasteiger charge is -2.42. The zero-order valence-corrected chi connectivity index (χ0v) is 12.2. The van der Waals surface area contributed by atoms with Crippen LogP contribution >= 0.6 is 0 Å². The highest BCUT2D eigenvalue weighted by molar-refractivity contribution is 5.34. The van der Waals surface area contributed by atoms with E-state index < -0.39 is 6.36 Å². The van der Waals surface area contributed by atoms with Crippen LogP contribution in [0.2, 0.25) is 0 Å². The fraction of sp³-hybridized carbons (Fsp3) is 0.625. The summed E-state index contributed by atoms with van der Waals surface area (Å²) in [6.45, 7) is 2.06. The van der Waals surface area contributed by atoms with Gasteiger partial charge < -0.3 is 10.5 Å². The van der Waals surface area contributed by atoms with Gasteiger partial charge in [-0.1, -0.05) is 38.3 Å². The molecule has 118 valence electrons. The highest BCUT2D eigenvalue weighted by Crippen LogP contribution is 2.43. The van der Waals surface area contributed by atoms with Crippen molar-refractivity contribution in [3.63, 3.8) is 0 Å². The summed E-state index contributed by atoms with van der Waals surface area (Å²) in [6.07, 6.45) is 1.66. The van der Waals surface area contributed by atoms with Gasteiger partial charge in [-0.05, 0) is 37.0 Å². The number of benzene rings is 1. The van der Waals surface area contributed by atoms with Gasteiger partial charge >= 0.3 is 6.36 Å². The second-order valence-corrected chi connectivity index (χ2v) is 5.80. The quantitative estimate of drug-likeness (QED) is 0.887. The van der Waals surface area contributed by atoms with Gasteiger partial charge in [-0.3, -0.25) is 0 Å². The van der Waals surface area contributed by atoms with Gasteiger partial charge in [-0.25, -0.2) is 0 Å². The molecule has 0 saturated heterocycles. The minimum absolute atomic E-state index is 0.0344. The Morgan fingerprint density at radius 2 is 1.71 bits per heavy atom. The van der Waals surface area contributed by atoms with Crippen LogP contribution in [0.4, 0.5) is 13.2 Å². The highest BCUT2D eigenvalue weighted by Gasteiger charge is 2.39. The summed E-state index contributed by atoms with van der Waals surface area (Å²) < 4.78 is 40.6. The molecule has 0 aliphatic heterocycles. The lowest BCUT2D eigenvalue weighted by atomic mass is 9.64. The summed E-state index contributed by atoms with van der Waals surface area (Å²) in [7, 11) is 0. The van der Waals surface area contributed by atoms with Crippen LogP contribution in [0.15, 0.2) is 24.3 Å². The van der Waals surface area contributed by atoms with Crippen molar-refractivity contribution in [3.8, 4) is 5.75 Å². The third kappa shape index (κ3) is 3.70. The Morgan fingerprint density at radius 1 is 1.14 bits per heavy atom. The molecule has 0 amide bonds. The summed E-state index contributed by atoms with van der Waals surface area (Å²) in [5, 5.41) is 0. The molecule has 21 heavy (non-hydrogen) atoms. The van der Waals surface area contributed by atoms with Crippen molar-refractivity contribution in [2.24, 2.45) is 5.73 Å². The second kappa shape index (κ2) is 6.26. The molecule has 1 saturated carbocycles. The van der Waals surface area contributed by atoms with Crippen molar-refractivity contribution < 1.29 is 17.9 Å². The zero-order chi connectivity index (χ0) is 15.5. The summed E-state index contributed by atoms with van der Waals surface area (Å²) in [5.74, 6) is -0.178. The lowest BCUT2D eigenvalue weighted by molar-refractivity contribution is -0.274. The van der Waals surface area contributed by atoms with Crippen molar-refractivity contribution in [3.05, 3.63) is 29.8 Å². The minimum Gasteiger partial charge on any atom is -0.406 e. The van der Waals surface area contributed by atoms with Crippen LogP contribution in [0.1, 0.15) is 51.0 Å². The molecule has 2 N–H and O–H groups in total. The van der Waals surface area contributed by atoms with Gasteiger partial charge in [-0.15, -0.1) is 13.2 Å². The second-order valence-electron chi connectivity index (χ2n) is 5.80. The molecule has 1 aliphatic carbocycles. The molecule has 0 aromatic heterocycles. The van der Waals surface area contributed by atoms with Crippen molar-refractivity contribution in [2.75, 3.05) is 0 Å². The maximum Gasteiger partial charge on any atom is 0.573 e. The molecule has 0 heterocycles. The normalized spacial score (nSPS) is 20.0. The molecule has 0 bridgehead atoms. The first-order valence-electron chi connectivity index (χ1n) is 7.49. The summed E-state index contributed by atoms with van der Waals surface area (Å²) >= 11 is 0. The topological polar surface area (TPSA) is 35.2 Å². The lowest BCUT2D eigenvalue weighted by Crippen LogP contribution is -2.46. The maximum atomic E-state index is 12.2. The van der Waals surface area contributed by atoms with Crippen LogP contribution in [0, 0.1) is 0 Å². The van der Waals surface area contributed by atoms with E-state index in [-0.39, 0.29) is 17.2 Å². The SMILES string of the molecule is CCC(N)C1(c2ccc(OC(F)(F)F)cc2)CCCCC1. The molecule has 2 rings (SSSR count). The Balaban J connectivity index is 2.25. The predicted octanol–water partition coefficient (Wildman–Crippen LogP) is 4.52. The first kappa shape index (κ1) is 16.1. The number of rotatable bonds is 4. The fourth-order valence-electron chi connectivity index (χ4n) is 3.44. The molecule has 0 spiro atoms. The van der Waals surface area contributed by atoms with Gasteiger partial charge in [0.25, 0.3) is 0 Å². The number of hydrogen-bond acceptors (Lipinski definition) is 2. The van der Waals surface area contributed by atoms with E-state index in [1.165, 1.54) is 18.6 Å². The van der Waals surface area contributed by atoms with Gasteiger partial charge in [0.05, 0.1) is 0 Å². The molecular weight excluding hydrogens is 279 g/mol. The van der Waals surface area contributed by atoms with Gasteiger partial charge in [0.2, 0.25) is 0 Å². The van der Waals surface area contributed by atoms with E-state index >= 15 is 0 Å². The van der Waals surface area contributed by atoms with E-state index in [2.05, 4.69) is 11.7 Å². The number of hydrogen-bond donors (Lipinski definition) is 1. The van der Waals surface area contributed by atoms with Gasteiger partial charge in [0.15, 0.2) is 0 Å². The maximum absolute atomic E-state index is 12.2. The Morgan fingerprint density at radius 3 is 2.19 bits per heavy atom. The average molecular weight is 301 g/mol. The smallest absolute Gasteiger partial charge is 0.406 e. The number of nitrogens with two attached hydrogens (primary N) is 1. The van der Waals surface area contributed by atoms with Gasteiger partial charge in [0.1, 0.15) is 5.75 Å². The predicted molar refractivity (Wildman–Crippen MR) is 76.2 cm³/mol. The van der Waals surface area contributed by atoms with Crippen molar-refractivity contribution >= 4 is 0 Å². The van der Waals surface area contributed by atoms with Crippen LogP contribution in [-0.4, -0.2) is 12.4 Å². The molecular formula is C16H22F3NO. The van der Waals surface area contributed by atoms with E-state index in [0.29, 0.717) is 0 Å². The number of ether oxygens (including phenoxy) is 1. The van der Waals surface area contributed by atoms with Crippen molar-refractivity contribution in [1.82, 2.24) is 0 Å². The fourth-order valence-corrected chi connectivity index (χ4v) is 3.44. The third-order valence-electron chi connectivity index (χ3n) is 4.56. The molecule has 1 aromatic rings. The Kier molecular flexibility index (Phi) is 4.81. The van der Waals surface area contributed by atoms with Crippen LogP contribution in [0.3, 0.4) is 0 Å². The average Bonchev–Trinajstić information content (AvgIpc) is 2.46. The number of halogens is 3. The monoisotopic (exact) mass is 301 g/mol. The molecule has 1 atom stereocenters. The van der Waals surface area contributed by atoms with Gasteiger partial charge in [-0.2, -0.15) is 0 Å². The van der Waals surface area contributed by atoms with E-state index in [1.807, 2.05) is 0 Å². The summed E-state index contributed by atoms with van der Waals surface area (Å²) in [5.41, 5.74) is 7.27. The van der Waals surface area contributed by atoms with Crippen LogP contribution in [0.25, 0.3) is 0 Å². The molecule has 1 unspecified atom stereocenters. The molecule has 1 fully saturated rings. The first-order chi connectivity index (χ1) is 9.87. The zero-order valence-electron chi connectivity index (χ0n) is 12.2. The molecule has 2 nitrogen and oxygen atoms in total. The molecule has 1 aromatic carbocycles. The van der Waals surface area contributed by atoms with E-state index in [0.717, 1.165) is 37.7 Å². The molecule has 0 radical (unpaired) electrons. The molecule has 1 aliphatic rings. The van der Waals surface area contributed by atoms with Crippen LogP contribution < -0.4 is 10.5 Å². The van der Waals surface area contributed by atoms with Crippen LogP contribution in [-0.2, 0) is 5.41 Å². The third-order valence-corrected chi connectivity index (χ3v) is 4.56.